The highest BCUT2D eigenvalue weighted by molar-refractivity contribution is 9.10. The molecule has 1 rings (SSSR count). The van der Waals surface area contributed by atoms with Crippen molar-refractivity contribution in [3.8, 4) is 0 Å². The van der Waals surface area contributed by atoms with Gasteiger partial charge in [-0.25, -0.2) is 4.79 Å². The van der Waals surface area contributed by atoms with Crippen molar-refractivity contribution < 1.29 is 19.4 Å². The van der Waals surface area contributed by atoms with Gasteiger partial charge in [-0.3, -0.25) is 4.79 Å². The Morgan fingerprint density at radius 1 is 1.35 bits per heavy atom. The van der Waals surface area contributed by atoms with E-state index in [1.165, 1.54) is 7.11 Å². The fourth-order valence-corrected chi connectivity index (χ4v) is 1.94. The van der Waals surface area contributed by atoms with E-state index in [9.17, 15) is 9.59 Å². The number of amides is 1. The van der Waals surface area contributed by atoms with Crippen molar-refractivity contribution in [1.29, 1.82) is 0 Å². The number of methoxy groups -OCH3 is 1. The molecule has 0 aliphatic rings. The van der Waals surface area contributed by atoms with Crippen molar-refractivity contribution in [2.24, 2.45) is 0 Å². The van der Waals surface area contributed by atoms with E-state index in [-0.39, 0.29) is 12.5 Å². The Morgan fingerprint density at radius 2 is 1.90 bits per heavy atom. The number of rotatable bonds is 6. The van der Waals surface area contributed by atoms with Gasteiger partial charge in [-0.1, -0.05) is 28.1 Å². The molecular formula is C14H18BrNO4. The quantitative estimate of drug-likeness (QED) is 0.827. The third-order valence-corrected chi connectivity index (χ3v) is 3.67. The maximum absolute atomic E-state index is 12.2. The number of aliphatic carboxylic acids is 1. The second kappa shape index (κ2) is 6.85. The summed E-state index contributed by atoms with van der Waals surface area (Å²) in [5, 5.41) is 11.5. The van der Waals surface area contributed by atoms with Crippen LogP contribution in [0.15, 0.2) is 28.7 Å². The number of hydrogen-bond acceptors (Lipinski definition) is 3. The Bertz CT molecular complexity index is 484. The van der Waals surface area contributed by atoms with Gasteiger partial charge < -0.3 is 15.2 Å². The maximum Gasteiger partial charge on any atom is 0.334 e. The lowest BCUT2D eigenvalue weighted by Crippen LogP contribution is -2.45. The van der Waals surface area contributed by atoms with Crippen LogP contribution in [0, 0.1) is 0 Å². The second-order valence-corrected chi connectivity index (χ2v) is 5.82. The fourth-order valence-electron chi connectivity index (χ4n) is 1.68. The summed E-state index contributed by atoms with van der Waals surface area (Å²) in [5.41, 5.74) is 0.0970. The Kier molecular flexibility index (Phi) is 5.71. The molecule has 0 saturated heterocycles. The van der Waals surface area contributed by atoms with Crippen molar-refractivity contribution in [2.75, 3.05) is 13.7 Å². The highest BCUT2D eigenvalue weighted by Crippen LogP contribution is 2.24. The molecule has 0 spiro atoms. The van der Waals surface area contributed by atoms with Gasteiger partial charge in [-0.15, -0.1) is 0 Å². The zero-order chi connectivity index (χ0) is 15.3. The number of hydrogen-bond donors (Lipinski definition) is 2. The number of ether oxygens (including phenoxy) is 1. The van der Waals surface area contributed by atoms with E-state index in [0.717, 1.165) is 10.0 Å². The van der Waals surface area contributed by atoms with E-state index in [1.807, 2.05) is 24.3 Å². The summed E-state index contributed by atoms with van der Waals surface area (Å²) < 4.78 is 5.71. The molecule has 0 bridgehead atoms. The average Bonchev–Trinajstić information content (AvgIpc) is 2.39. The predicted octanol–water partition coefficient (Wildman–Crippen LogP) is 1.94. The first-order chi connectivity index (χ1) is 9.28. The Balaban J connectivity index is 2.74. The molecule has 2 N–H and O–H groups in total. The van der Waals surface area contributed by atoms with Gasteiger partial charge in [0.25, 0.3) is 0 Å². The number of benzene rings is 1. The smallest absolute Gasteiger partial charge is 0.334 e. The molecule has 0 aliphatic heterocycles. The molecule has 1 unspecified atom stereocenters. The monoisotopic (exact) mass is 343 g/mol. The standard InChI is InChI=1S/C14H18BrNO4/c1-14(2,9-4-6-10(15)7-5-9)13(19)16-8-11(20-3)12(17)18/h4-7,11H,8H2,1-3H3,(H,16,19)(H,17,18). The first-order valence-electron chi connectivity index (χ1n) is 6.09. The van der Waals surface area contributed by atoms with E-state index in [2.05, 4.69) is 21.2 Å². The Labute approximate surface area is 126 Å². The number of carbonyl (C=O) groups excluding carboxylic acids is 1. The molecular weight excluding hydrogens is 326 g/mol. The number of carboxylic acids is 1. The van der Waals surface area contributed by atoms with E-state index in [1.54, 1.807) is 13.8 Å². The molecule has 0 aromatic heterocycles. The molecule has 110 valence electrons. The molecule has 0 heterocycles. The Morgan fingerprint density at radius 3 is 2.35 bits per heavy atom. The third kappa shape index (κ3) is 4.05. The summed E-state index contributed by atoms with van der Waals surface area (Å²) in [7, 11) is 1.30. The minimum atomic E-state index is -1.10. The predicted molar refractivity (Wildman–Crippen MR) is 78.6 cm³/mol. The largest absolute Gasteiger partial charge is 0.479 e. The van der Waals surface area contributed by atoms with Gasteiger partial charge in [0.15, 0.2) is 6.10 Å². The summed E-state index contributed by atoms with van der Waals surface area (Å²) in [6.07, 6.45) is -1.04. The van der Waals surface area contributed by atoms with Crippen LogP contribution in [0.5, 0.6) is 0 Å². The van der Waals surface area contributed by atoms with Crippen LogP contribution in [0.1, 0.15) is 19.4 Å². The number of nitrogens with one attached hydrogen (secondary N) is 1. The summed E-state index contributed by atoms with van der Waals surface area (Å²) >= 11 is 3.34. The van der Waals surface area contributed by atoms with E-state index >= 15 is 0 Å². The first-order valence-corrected chi connectivity index (χ1v) is 6.88. The van der Waals surface area contributed by atoms with Gasteiger partial charge in [0.05, 0.1) is 12.0 Å². The molecule has 1 amide bonds. The SMILES string of the molecule is COC(CNC(=O)C(C)(C)c1ccc(Br)cc1)C(=O)O. The molecule has 5 nitrogen and oxygen atoms in total. The number of halogens is 1. The van der Waals surface area contributed by atoms with Gasteiger partial charge in [-0.2, -0.15) is 0 Å². The molecule has 20 heavy (non-hydrogen) atoms. The van der Waals surface area contributed by atoms with Crippen molar-refractivity contribution in [2.45, 2.75) is 25.4 Å². The third-order valence-electron chi connectivity index (χ3n) is 3.14. The van der Waals surface area contributed by atoms with E-state index in [4.69, 9.17) is 9.84 Å². The lowest BCUT2D eigenvalue weighted by molar-refractivity contribution is -0.148. The van der Waals surface area contributed by atoms with Crippen LogP contribution in [-0.2, 0) is 19.7 Å². The highest BCUT2D eigenvalue weighted by Gasteiger charge is 2.30. The van der Waals surface area contributed by atoms with Crippen LogP contribution in [0.4, 0.5) is 0 Å². The molecule has 1 atom stereocenters. The lowest BCUT2D eigenvalue weighted by Gasteiger charge is -2.25. The summed E-state index contributed by atoms with van der Waals surface area (Å²) in [6, 6.07) is 7.43. The summed E-state index contributed by atoms with van der Waals surface area (Å²) in [4.78, 5) is 23.0. The van der Waals surface area contributed by atoms with Crippen molar-refractivity contribution in [3.63, 3.8) is 0 Å². The first kappa shape index (κ1) is 16.7. The minimum absolute atomic E-state index is 0.0649. The van der Waals surface area contributed by atoms with Gasteiger partial charge in [0, 0.05) is 11.6 Å². The van der Waals surface area contributed by atoms with Gasteiger partial charge >= 0.3 is 5.97 Å². The van der Waals surface area contributed by atoms with Crippen LogP contribution in [0.3, 0.4) is 0 Å². The maximum atomic E-state index is 12.2. The summed E-state index contributed by atoms with van der Waals surface area (Å²) in [6.45, 7) is 3.51. The van der Waals surface area contributed by atoms with Gasteiger partial charge in [0.2, 0.25) is 5.91 Å². The average molecular weight is 344 g/mol. The van der Waals surface area contributed by atoms with Crippen LogP contribution < -0.4 is 5.32 Å². The van der Waals surface area contributed by atoms with Crippen LogP contribution in [0.25, 0.3) is 0 Å². The number of carbonyl (C=O) groups is 2. The van der Waals surface area contributed by atoms with Crippen molar-refractivity contribution in [3.05, 3.63) is 34.3 Å². The highest BCUT2D eigenvalue weighted by atomic mass is 79.9. The molecule has 0 radical (unpaired) electrons. The normalized spacial score (nSPS) is 12.8. The van der Waals surface area contributed by atoms with Crippen molar-refractivity contribution >= 4 is 27.8 Å². The zero-order valence-corrected chi connectivity index (χ0v) is 13.2. The summed E-state index contributed by atoms with van der Waals surface area (Å²) in [5.74, 6) is -1.35. The topological polar surface area (TPSA) is 75.6 Å². The molecule has 1 aromatic carbocycles. The molecule has 0 aliphatic carbocycles. The lowest BCUT2D eigenvalue weighted by atomic mass is 9.84. The van der Waals surface area contributed by atoms with E-state index < -0.39 is 17.5 Å². The molecule has 0 fully saturated rings. The van der Waals surface area contributed by atoms with Gasteiger partial charge in [-0.05, 0) is 31.5 Å². The van der Waals surface area contributed by atoms with Crippen LogP contribution in [-0.4, -0.2) is 36.7 Å². The molecule has 6 heteroatoms. The van der Waals surface area contributed by atoms with Crippen molar-refractivity contribution in [1.82, 2.24) is 5.32 Å². The van der Waals surface area contributed by atoms with E-state index in [0.29, 0.717) is 0 Å². The second-order valence-electron chi connectivity index (χ2n) is 4.90. The molecule has 1 aromatic rings. The minimum Gasteiger partial charge on any atom is -0.479 e. The zero-order valence-electron chi connectivity index (χ0n) is 11.6. The van der Waals surface area contributed by atoms with Crippen LogP contribution >= 0.6 is 15.9 Å². The number of carboxylic acid groups (broad SMARTS) is 1. The molecule has 0 saturated carbocycles. The fraction of sp³-hybridized carbons (Fsp3) is 0.429. The van der Waals surface area contributed by atoms with Crippen LogP contribution in [0.2, 0.25) is 0 Å². The van der Waals surface area contributed by atoms with Gasteiger partial charge in [0.1, 0.15) is 0 Å². The Hall–Kier alpha value is -1.40.